The van der Waals surface area contributed by atoms with Crippen LogP contribution < -0.4 is 0 Å². The minimum atomic E-state index is -0.399. The molecule has 0 aliphatic heterocycles. The van der Waals surface area contributed by atoms with E-state index in [1.807, 2.05) is 149 Å². The van der Waals surface area contributed by atoms with E-state index in [1.54, 1.807) is 0 Å². The van der Waals surface area contributed by atoms with Gasteiger partial charge in [0.15, 0.2) is 0 Å². The molecule has 0 saturated heterocycles. The number of aryl methyl sites for hydroxylation is 4. The monoisotopic (exact) mass is 758 g/mol. The highest BCUT2D eigenvalue weighted by atomic mass is 16.3. The van der Waals surface area contributed by atoms with Crippen LogP contribution in [-0.4, -0.2) is 20.4 Å². The molecule has 0 aliphatic carbocycles. The fraction of sp³-hybridized carbons (Fsp3) is 0.111. The first-order chi connectivity index (χ1) is 28.1. The molecule has 4 heteroatoms. The summed E-state index contributed by atoms with van der Waals surface area (Å²) in [4.78, 5) is 0. The summed E-state index contributed by atoms with van der Waals surface area (Å²) in [5.41, 5.74) is 13.2. The highest BCUT2D eigenvalue weighted by molar-refractivity contribution is 5.78. The summed E-state index contributed by atoms with van der Waals surface area (Å²) in [5, 5.41) is 46.6. The minimum Gasteiger partial charge on any atom is -0.507 e. The van der Waals surface area contributed by atoms with Crippen molar-refractivity contribution < 1.29 is 20.4 Å². The zero-order valence-electron chi connectivity index (χ0n) is 33.1. The third-order valence-corrected chi connectivity index (χ3v) is 11.4. The summed E-state index contributed by atoms with van der Waals surface area (Å²) >= 11 is 0. The van der Waals surface area contributed by atoms with E-state index in [0.29, 0.717) is 0 Å². The number of benzene rings is 8. The maximum atomic E-state index is 11.6. The molecule has 58 heavy (non-hydrogen) atoms. The molecule has 8 rings (SSSR count). The third-order valence-electron chi connectivity index (χ3n) is 11.4. The van der Waals surface area contributed by atoms with Crippen molar-refractivity contribution in [2.75, 3.05) is 0 Å². The van der Waals surface area contributed by atoms with Crippen LogP contribution in [-0.2, 0) is 0 Å². The van der Waals surface area contributed by atoms with Gasteiger partial charge in [-0.2, -0.15) is 0 Å². The Morgan fingerprint density at radius 1 is 0.276 bits per heavy atom. The lowest BCUT2D eigenvalue weighted by Crippen LogP contribution is -2.16. The van der Waals surface area contributed by atoms with Crippen LogP contribution in [0.5, 0.6) is 23.0 Å². The average molecular weight is 759 g/mol. The van der Waals surface area contributed by atoms with Crippen molar-refractivity contribution in [3.05, 3.63) is 214 Å². The van der Waals surface area contributed by atoms with Crippen LogP contribution in [0.25, 0.3) is 44.5 Å². The van der Waals surface area contributed by atoms with Crippen LogP contribution >= 0.6 is 0 Å². The van der Waals surface area contributed by atoms with Crippen LogP contribution in [0.4, 0.5) is 0 Å². The predicted octanol–water partition coefficient (Wildman–Crippen LogP) is 13.4. The summed E-state index contributed by atoms with van der Waals surface area (Å²) in [7, 11) is 0. The molecule has 286 valence electrons. The van der Waals surface area contributed by atoms with Gasteiger partial charge in [0.05, 0.1) is 0 Å². The first-order valence-electron chi connectivity index (χ1n) is 19.6. The van der Waals surface area contributed by atoms with Gasteiger partial charge in [-0.15, -0.1) is 0 Å². The van der Waals surface area contributed by atoms with Gasteiger partial charge in [0.2, 0.25) is 0 Å². The zero-order valence-corrected chi connectivity index (χ0v) is 33.1. The predicted molar refractivity (Wildman–Crippen MR) is 237 cm³/mol. The largest absolute Gasteiger partial charge is 0.507 e. The normalized spacial score (nSPS) is 11.3. The first-order valence-corrected chi connectivity index (χ1v) is 19.6. The highest BCUT2D eigenvalue weighted by Gasteiger charge is 2.33. The Kier molecular flexibility index (Phi) is 10.3. The van der Waals surface area contributed by atoms with Gasteiger partial charge < -0.3 is 20.4 Å². The fourth-order valence-corrected chi connectivity index (χ4v) is 8.45. The SMILES string of the molecule is Cc1cc(C(c2cc(C)c(O)c(-c3ccccc3)c2)C(c2cc(C)c(O)c(-c3ccccc3)c2)c2cc(C)c(O)c(-c3ccccc3)c2)cc(-c2ccccc2)c1O. The molecule has 0 amide bonds. The first kappa shape index (κ1) is 37.9. The number of hydrogen-bond donors (Lipinski definition) is 4. The van der Waals surface area contributed by atoms with Crippen molar-refractivity contribution >= 4 is 0 Å². The Hall–Kier alpha value is -7.04. The highest BCUT2D eigenvalue weighted by Crippen LogP contribution is 2.51. The van der Waals surface area contributed by atoms with Crippen molar-refractivity contribution in [1.29, 1.82) is 0 Å². The summed E-state index contributed by atoms with van der Waals surface area (Å²) < 4.78 is 0. The molecule has 4 nitrogen and oxygen atoms in total. The van der Waals surface area contributed by atoms with Gasteiger partial charge in [-0.1, -0.05) is 146 Å². The van der Waals surface area contributed by atoms with Crippen molar-refractivity contribution in [1.82, 2.24) is 0 Å². The van der Waals surface area contributed by atoms with Crippen molar-refractivity contribution in [3.63, 3.8) is 0 Å². The molecule has 0 heterocycles. The molecular formula is C54H46O4. The Bertz CT molecular complexity index is 2360. The van der Waals surface area contributed by atoms with Crippen LogP contribution in [0.15, 0.2) is 170 Å². The molecule has 4 N–H and O–H groups in total. The quantitative estimate of drug-likeness (QED) is 0.118. The van der Waals surface area contributed by atoms with E-state index in [9.17, 15) is 20.4 Å². The smallest absolute Gasteiger partial charge is 0.126 e. The number of hydrogen-bond acceptors (Lipinski definition) is 4. The fourth-order valence-electron chi connectivity index (χ4n) is 8.45. The molecule has 8 aromatic carbocycles. The molecule has 0 radical (unpaired) electrons. The average Bonchev–Trinajstić information content (AvgIpc) is 3.25. The second-order valence-corrected chi connectivity index (χ2v) is 15.4. The van der Waals surface area contributed by atoms with Crippen molar-refractivity contribution in [3.8, 4) is 67.5 Å². The van der Waals surface area contributed by atoms with Crippen molar-refractivity contribution in [2.45, 2.75) is 39.5 Å². The van der Waals surface area contributed by atoms with Crippen molar-refractivity contribution in [2.24, 2.45) is 0 Å². The Labute approximate surface area is 340 Å². The third kappa shape index (κ3) is 7.21. The maximum Gasteiger partial charge on any atom is 0.126 e. The number of rotatable bonds is 9. The van der Waals surface area contributed by atoms with E-state index in [4.69, 9.17) is 0 Å². The van der Waals surface area contributed by atoms with Gasteiger partial charge in [-0.25, -0.2) is 0 Å². The number of phenolic OH excluding ortho intramolecular Hbond substituents is 4. The lowest BCUT2D eigenvalue weighted by molar-refractivity contribution is 0.470. The molecule has 0 unspecified atom stereocenters. The van der Waals surface area contributed by atoms with Gasteiger partial charge in [0.1, 0.15) is 23.0 Å². The van der Waals surface area contributed by atoms with E-state index in [1.165, 1.54) is 0 Å². The molecule has 0 aromatic heterocycles. The van der Waals surface area contributed by atoms with Crippen LogP contribution in [0.3, 0.4) is 0 Å². The zero-order chi connectivity index (χ0) is 40.5. The second-order valence-electron chi connectivity index (χ2n) is 15.4. The minimum absolute atomic E-state index is 0.218. The second kappa shape index (κ2) is 15.8. The number of phenols is 4. The van der Waals surface area contributed by atoms with E-state index in [0.717, 1.165) is 89.0 Å². The topological polar surface area (TPSA) is 80.9 Å². The Morgan fingerprint density at radius 2 is 0.466 bits per heavy atom. The summed E-state index contributed by atoms with van der Waals surface area (Å²) in [6.45, 7) is 7.74. The molecule has 8 aromatic rings. The molecule has 0 atom stereocenters. The lowest BCUT2D eigenvalue weighted by atomic mass is 9.71. The van der Waals surface area contributed by atoms with E-state index in [-0.39, 0.29) is 23.0 Å². The van der Waals surface area contributed by atoms with Gasteiger partial charge in [-0.3, -0.25) is 0 Å². The van der Waals surface area contributed by atoms with Crippen LogP contribution in [0.2, 0.25) is 0 Å². The molecule has 0 aliphatic rings. The van der Waals surface area contributed by atoms with E-state index in [2.05, 4.69) is 48.5 Å². The summed E-state index contributed by atoms with van der Waals surface area (Å²) in [5.74, 6) is 0.0745. The molecule has 0 spiro atoms. The molecule has 0 saturated carbocycles. The lowest BCUT2D eigenvalue weighted by Gasteiger charge is -2.32. The summed E-state index contributed by atoms with van der Waals surface area (Å²) in [6, 6.07) is 56.4. The van der Waals surface area contributed by atoms with E-state index < -0.39 is 11.8 Å². The summed E-state index contributed by atoms with van der Waals surface area (Å²) in [6.07, 6.45) is 0. The van der Waals surface area contributed by atoms with Gasteiger partial charge in [0.25, 0.3) is 0 Å². The Balaban J connectivity index is 1.50. The molecular weight excluding hydrogens is 713 g/mol. The van der Waals surface area contributed by atoms with Gasteiger partial charge in [0, 0.05) is 34.1 Å². The van der Waals surface area contributed by atoms with Gasteiger partial charge >= 0.3 is 0 Å². The van der Waals surface area contributed by atoms with Crippen LogP contribution in [0, 0.1) is 27.7 Å². The molecule has 0 bridgehead atoms. The molecule has 0 fully saturated rings. The maximum absolute atomic E-state index is 11.6. The standard InChI is InChI=1S/C54H46O4/c1-33-25-41(29-45(51(33)55)37-17-9-5-10-18-37)49(42-26-34(2)52(56)46(30-42)38-19-11-6-12-20-38)50(43-27-35(3)53(57)47(31-43)39-21-13-7-14-22-39)44-28-36(4)54(58)48(32-44)40-23-15-8-16-24-40/h5-32,49-50,55-58H,1-4H3. The Morgan fingerprint density at radius 3 is 0.655 bits per heavy atom. The van der Waals surface area contributed by atoms with E-state index >= 15 is 0 Å². The van der Waals surface area contributed by atoms with Crippen LogP contribution in [0.1, 0.15) is 56.3 Å². The van der Waals surface area contributed by atoms with Gasteiger partial charge in [-0.05, 0) is 119 Å². The number of aromatic hydroxyl groups is 4.